The standard InChI is InChI=1S/C9H16ClN3O2S/c1-3-8(4-5-10)13-16(14,15)9-6-11-7(2)12-9/h6,8,13H,3-5H2,1-2H3,(H,11,12). The largest absolute Gasteiger partial charge is 0.332 e. The van der Waals surface area contributed by atoms with Gasteiger partial charge in [-0.05, 0) is 19.8 Å². The smallest absolute Gasteiger partial charge is 0.257 e. The molecule has 1 atom stereocenters. The summed E-state index contributed by atoms with van der Waals surface area (Å²) in [5.74, 6) is 1.01. The number of hydrogen-bond acceptors (Lipinski definition) is 3. The summed E-state index contributed by atoms with van der Waals surface area (Å²) in [5, 5.41) is 0.0954. The number of aromatic nitrogens is 2. The van der Waals surface area contributed by atoms with Gasteiger partial charge in [-0.1, -0.05) is 6.92 Å². The molecule has 0 spiro atoms. The third-order valence-corrected chi connectivity index (χ3v) is 3.89. The summed E-state index contributed by atoms with van der Waals surface area (Å²) in [5.41, 5.74) is 0. The first kappa shape index (κ1) is 13.5. The summed E-state index contributed by atoms with van der Waals surface area (Å²) in [6.07, 6.45) is 2.63. The molecular formula is C9H16ClN3O2S. The van der Waals surface area contributed by atoms with E-state index in [4.69, 9.17) is 11.6 Å². The number of hydrogen-bond donors (Lipinski definition) is 2. The van der Waals surface area contributed by atoms with Crippen molar-refractivity contribution >= 4 is 21.6 Å². The van der Waals surface area contributed by atoms with Crippen molar-refractivity contribution in [1.29, 1.82) is 0 Å². The zero-order valence-corrected chi connectivity index (χ0v) is 10.9. The second-order valence-electron chi connectivity index (χ2n) is 3.54. The van der Waals surface area contributed by atoms with Crippen LogP contribution in [0.25, 0.3) is 0 Å². The van der Waals surface area contributed by atoms with Crippen molar-refractivity contribution in [2.75, 3.05) is 5.88 Å². The second kappa shape index (κ2) is 5.65. The van der Waals surface area contributed by atoms with Crippen LogP contribution in [0.1, 0.15) is 25.6 Å². The number of H-pyrrole nitrogens is 1. The average Bonchev–Trinajstić information content (AvgIpc) is 2.64. The molecule has 7 heteroatoms. The Labute approximate surface area is 101 Å². The molecule has 92 valence electrons. The maximum Gasteiger partial charge on any atom is 0.257 e. The molecule has 0 bridgehead atoms. The Kier molecular flexibility index (Phi) is 4.76. The summed E-state index contributed by atoms with van der Waals surface area (Å²) >= 11 is 5.60. The third-order valence-electron chi connectivity index (χ3n) is 2.24. The van der Waals surface area contributed by atoms with Gasteiger partial charge in [0.05, 0.1) is 6.20 Å². The molecule has 0 fully saturated rings. The first-order valence-electron chi connectivity index (χ1n) is 5.09. The van der Waals surface area contributed by atoms with Crippen molar-refractivity contribution < 1.29 is 8.42 Å². The highest BCUT2D eigenvalue weighted by atomic mass is 35.5. The van der Waals surface area contributed by atoms with Crippen molar-refractivity contribution in [3.63, 3.8) is 0 Å². The van der Waals surface area contributed by atoms with Gasteiger partial charge in [0, 0.05) is 11.9 Å². The molecule has 0 aliphatic heterocycles. The van der Waals surface area contributed by atoms with Crippen LogP contribution in [0.3, 0.4) is 0 Å². The highest BCUT2D eigenvalue weighted by Crippen LogP contribution is 2.08. The average molecular weight is 266 g/mol. The first-order chi connectivity index (χ1) is 7.49. The number of nitrogens with one attached hydrogen (secondary N) is 2. The number of aryl methyl sites for hydroxylation is 1. The summed E-state index contributed by atoms with van der Waals surface area (Å²) in [7, 11) is -3.50. The van der Waals surface area contributed by atoms with Crippen molar-refractivity contribution in [3.05, 3.63) is 12.0 Å². The predicted octanol–water partition coefficient (Wildman–Crippen LogP) is 1.40. The van der Waals surface area contributed by atoms with Gasteiger partial charge in [-0.25, -0.2) is 18.1 Å². The van der Waals surface area contributed by atoms with Crippen molar-refractivity contribution in [3.8, 4) is 0 Å². The minimum Gasteiger partial charge on any atom is -0.332 e. The fourth-order valence-corrected chi connectivity index (χ4v) is 2.88. The fraction of sp³-hybridized carbons (Fsp3) is 0.667. The molecule has 0 aromatic carbocycles. The lowest BCUT2D eigenvalue weighted by molar-refractivity contribution is 0.529. The fourth-order valence-electron chi connectivity index (χ4n) is 1.30. The molecule has 0 aliphatic carbocycles. The molecule has 0 saturated carbocycles. The van der Waals surface area contributed by atoms with E-state index in [1.54, 1.807) is 6.92 Å². The van der Waals surface area contributed by atoms with Crippen molar-refractivity contribution in [2.24, 2.45) is 0 Å². The molecule has 0 radical (unpaired) electrons. The molecular weight excluding hydrogens is 250 g/mol. The van der Waals surface area contributed by atoms with Crippen LogP contribution in [-0.2, 0) is 10.0 Å². The molecule has 16 heavy (non-hydrogen) atoms. The van der Waals surface area contributed by atoms with Gasteiger partial charge in [-0.15, -0.1) is 11.6 Å². The van der Waals surface area contributed by atoms with Crippen LogP contribution < -0.4 is 4.72 Å². The highest BCUT2D eigenvalue weighted by Gasteiger charge is 2.20. The lowest BCUT2D eigenvalue weighted by atomic mass is 10.2. The quantitative estimate of drug-likeness (QED) is 0.764. The molecule has 0 saturated heterocycles. The molecule has 0 aliphatic rings. The van der Waals surface area contributed by atoms with E-state index in [1.807, 2.05) is 6.92 Å². The van der Waals surface area contributed by atoms with Gasteiger partial charge in [-0.2, -0.15) is 0 Å². The second-order valence-corrected chi connectivity index (χ2v) is 5.60. The Morgan fingerprint density at radius 1 is 1.62 bits per heavy atom. The lowest BCUT2D eigenvalue weighted by Gasteiger charge is -2.14. The van der Waals surface area contributed by atoms with Crippen LogP contribution in [0.15, 0.2) is 11.2 Å². The predicted molar refractivity (Wildman–Crippen MR) is 63.1 cm³/mol. The van der Waals surface area contributed by atoms with E-state index in [2.05, 4.69) is 14.7 Å². The van der Waals surface area contributed by atoms with Gasteiger partial charge in [0.15, 0.2) is 5.03 Å². The molecule has 1 aromatic heterocycles. The molecule has 1 heterocycles. The zero-order valence-electron chi connectivity index (χ0n) is 9.33. The number of aromatic amines is 1. The Morgan fingerprint density at radius 3 is 2.75 bits per heavy atom. The van der Waals surface area contributed by atoms with Crippen molar-refractivity contribution in [2.45, 2.75) is 37.8 Å². The van der Waals surface area contributed by atoms with Crippen LogP contribution in [0.5, 0.6) is 0 Å². The van der Waals surface area contributed by atoms with Crippen LogP contribution in [-0.4, -0.2) is 30.3 Å². The third kappa shape index (κ3) is 3.47. The SMILES string of the molecule is CCC(CCCl)NS(=O)(=O)c1cnc(C)[nH]1. The number of sulfonamides is 1. The highest BCUT2D eigenvalue weighted by molar-refractivity contribution is 7.89. The summed E-state index contributed by atoms with van der Waals surface area (Å²) in [6, 6.07) is -0.133. The monoisotopic (exact) mass is 265 g/mol. The number of halogens is 1. The van der Waals surface area contributed by atoms with Gasteiger partial charge >= 0.3 is 0 Å². The van der Waals surface area contributed by atoms with Gasteiger partial charge in [0.2, 0.25) is 0 Å². The van der Waals surface area contributed by atoms with E-state index >= 15 is 0 Å². The first-order valence-corrected chi connectivity index (χ1v) is 7.11. The Hall–Kier alpha value is -0.590. The van der Waals surface area contributed by atoms with E-state index in [0.29, 0.717) is 24.5 Å². The molecule has 5 nitrogen and oxygen atoms in total. The van der Waals surface area contributed by atoms with Gasteiger partial charge in [0.1, 0.15) is 5.82 Å². The number of rotatable bonds is 6. The summed E-state index contributed by atoms with van der Waals surface area (Å²) < 4.78 is 26.3. The van der Waals surface area contributed by atoms with Crippen LogP contribution >= 0.6 is 11.6 Å². The molecule has 2 N–H and O–H groups in total. The number of alkyl halides is 1. The Balaban J connectivity index is 2.78. The van der Waals surface area contributed by atoms with Gasteiger partial charge in [0.25, 0.3) is 10.0 Å². The molecule has 1 rings (SSSR count). The maximum absolute atomic E-state index is 11.9. The van der Waals surface area contributed by atoms with Crippen LogP contribution in [0.4, 0.5) is 0 Å². The van der Waals surface area contributed by atoms with Crippen LogP contribution in [0, 0.1) is 6.92 Å². The van der Waals surface area contributed by atoms with E-state index in [-0.39, 0.29) is 11.1 Å². The van der Waals surface area contributed by atoms with E-state index in [1.165, 1.54) is 6.20 Å². The Morgan fingerprint density at radius 2 is 2.31 bits per heavy atom. The number of nitrogens with zero attached hydrogens (tertiary/aromatic N) is 1. The minimum absolute atomic E-state index is 0.0954. The molecule has 0 amide bonds. The summed E-state index contributed by atoms with van der Waals surface area (Å²) in [6.45, 7) is 3.62. The zero-order chi connectivity index (χ0) is 12.2. The summed E-state index contributed by atoms with van der Waals surface area (Å²) in [4.78, 5) is 6.55. The topological polar surface area (TPSA) is 74.8 Å². The molecule has 1 aromatic rings. The van der Waals surface area contributed by atoms with E-state index in [9.17, 15) is 8.42 Å². The normalized spacial score (nSPS) is 13.9. The van der Waals surface area contributed by atoms with Gasteiger partial charge < -0.3 is 4.98 Å². The van der Waals surface area contributed by atoms with Crippen LogP contribution in [0.2, 0.25) is 0 Å². The number of imidazole rings is 1. The van der Waals surface area contributed by atoms with E-state index in [0.717, 1.165) is 0 Å². The molecule has 1 unspecified atom stereocenters. The van der Waals surface area contributed by atoms with Crippen molar-refractivity contribution in [1.82, 2.24) is 14.7 Å². The van der Waals surface area contributed by atoms with Gasteiger partial charge in [-0.3, -0.25) is 0 Å². The minimum atomic E-state index is -3.50. The Bertz CT molecular complexity index is 430. The lowest BCUT2D eigenvalue weighted by Crippen LogP contribution is -2.34. The maximum atomic E-state index is 11.9. The van der Waals surface area contributed by atoms with E-state index < -0.39 is 10.0 Å².